The number of aliphatic hydroxyl groups excluding tert-OH is 1. The van der Waals surface area contributed by atoms with Crippen LogP contribution in [-0.4, -0.2) is 26.2 Å². The molecule has 0 bridgehead atoms. The third-order valence-electron chi connectivity index (χ3n) is 3.15. The summed E-state index contributed by atoms with van der Waals surface area (Å²) in [5.74, 6) is 0. The fourth-order valence-electron chi connectivity index (χ4n) is 2.20. The molecular formula is C15H19NO3S2. The van der Waals surface area contributed by atoms with E-state index in [9.17, 15) is 13.5 Å². The fourth-order valence-corrected chi connectivity index (χ4v) is 4.98. The number of aliphatic hydroxyl groups is 1. The zero-order chi connectivity index (χ0) is 15.5. The Bertz CT molecular complexity index is 693. The number of hydrogen-bond acceptors (Lipinski definition) is 4. The van der Waals surface area contributed by atoms with Gasteiger partial charge in [-0.2, -0.15) is 0 Å². The van der Waals surface area contributed by atoms with Crippen LogP contribution in [0.3, 0.4) is 0 Å². The summed E-state index contributed by atoms with van der Waals surface area (Å²) in [6.07, 6.45) is 0.457. The van der Waals surface area contributed by atoms with Crippen LogP contribution in [0.25, 0.3) is 0 Å². The second-order valence-electron chi connectivity index (χ2n) is 4.97. The van der Waals surface area contributed by atoms with Crippen LogP contribution < -0.4 is 4.72 Å². The van der Waals surface area contributed by atoms with Crippen LogP contribution in [-0.2, 0) is 16.4 Å². The van der Waals surface area contributed by atoms with Crippen molar-refractivity contribution in [1.82, 2.24) is 4.72 Å². The Balaban J connectivity index is 2.16. The second-order valence-corrected chi connectivity index (χ2v) is 8.11. The van der Waals surface area contributed by atoms with Crippen LogP contribution in [0.15, 0.2) is 41.3 Å². The molecule has 0 aliphatic heterocycles. The molecule has 0 amide bonds. The molecule has 0 fully saturated rings. The zero-order valence-corrected chi connectivity index (χ0v) is 13.7. The molecule has 1 aromatic heterocycles. The van der Waals surface area contributed by atoms with Crippen molar-refractivity contribution in [2.24, 2.45) is 0 Å². The molecule has 0 aliphatic rings. The van der Waals surface area contributed by atoms with Gasteiger partial charge in [0.1, 0.15) is 0 Å². The molecule has 1 atom stereocenters. The van der Waals surface area contributed by atoms with Gasteiger partial charge in [-0.1, -0.05) is 30.3 Å². The van der Waals surface area contributed by atoms with Crippen molar-refractivity contribution < 1.29 is 13.5 Å². The third kappa shape index (κ3) is 4.14. The SMILES string of the molecule is Cc1cc(S(=O)(=O)NC(CO)Cc2ccccc2)c(C)s1. The lowest BCUT2D eigenvalue weighted by atomic mass is 10.1. The van der Waals surface area contributed by atoms with Gasteiger partial charge in [-0.3, -0.25) is 0 Å². The first kappa shape index (κ1) is 16.2. The highest BCUT2D eigenvalue weighted by atomic mass is 32.2. The van der Waals surface area contributed by atoms with E-state index in [2.05, 4.69) is 4.72 Å². The number of aryl methyl sites for hydroxylation is 2. The lowest BCUT2D eigenvalue weighted by molar-refractivity contribution is 0.256. The Morgan fingerprint density at radius 3 is 2.43 bits per heavy atom. The van der Waals surface area contributed by atoms with Gasteiger partial charge in [-0.25, -0.2) is 13.1 Å². The van der Waals surface area contributed by atoms with Crippen molar-refractivity contribution in [3.05, 3.63) is 51.7 Å². The lowest BCUT2D eigenvalue weighted by Crippen LogP contribution is -2.39. The predicted octanol–water partition coefficient (Wildman–Crippen LogP) is 2.25. The van der Waals surface area contributed by atoms with E-state index in [0.717, 1.165) is 15.3 Å². The molecule has 0 saturated carbocycles. The van der Waals surface area contributed by atoms with E-state index in [0.29, 0.717) is 11.3 Å². The molecule has 1 unspecified atom stereocenters. The summed E-state index contributed by atoms with van der Waals surface area (Å²) in [6, 6.07) is 10.7. The highest BCUT2D eigenvalue weighted by Crippen LogP contribution is 2.25. The van der Waals surface area contributed by atoms with Crippen LogP contribution in [0.5, 0.6) is 0 Å². The van der Waals surface area contributed by atoms with Crippen LogP contribution in [0.1, 0.15) is 15.3 Å². The van der Waals surface area contributed by atoms with Crippen molar-refractivity contribution in [3.8, 4) is 0 Å². The van der Waals surface area contributed by atoms with Gasteiger partial charge < -0.3 is 5.11 Å². The van der Waals surface area contributed by atoms with Crippen molar-refractivity contribution >= 4 is 21.4 Å². The first-order valence-electron chi connectivity index (χ1n) is 6.66. The van der Waals surface area contributed by atoms with E-state index in [1.165, 1.54) is 11.3 Å². The van der Waals surface area contributed by atoms with Crippen molar-refractivity contribution in [2.45, 2.75) is 31.2 Å². The normalized spacial score (nSPS) is 13.3. The van der Waals surface area contributed by atoms with Crippen molar-refractivity contribution in [3.63, 3.8) is 0 Å². The molecule has 114 valence electrons. The van der Waals surface area contributed by atoms with E-state index in [4.69, 9.17) is 0 Å². The molecule has 0 spiro atoms. The number of benzene rings is 1. The maximum atomic E-state index is 12.4. The van der Waals surface area contributed by atoms with E-state index in [1.54, 1.807) is 13.0 Å². The fraction of sp³-hybridized carbons (Fsp3) is 0.333. The van der Waals surface area contributed by atoms with Crippen molar-refractivity contribution in [2.75, 3.05) is 6.61 Å². The molecule has 0 aliphatic carbocycles. The average Bonchev–Trinajstić information content (AvgIpc) is 2.79. The van der Waals surface area contributed by atoms with E-state index in [-0.39, 0.29) is 6.61 Å². The van der Waals surface area contributed by atoms with Gasteiger partial charge in [0.15, 0.2) is 0 Å². The summed E-state index contributed by atoms with van der Waals surface area (Å²) in [6.45, 7) is 3.43. The van der Waals surface area contributed by atoms with E-state index < -0.39 is 16.1 Å². The number of sulfonamides is 1. The summed E-state index contributed by atoms with van der Waals surface area (Å²) in [7, 11) is -3.60. The maximum absolute atomic E-state index is 12.4. The molecule has 2 rings (SSSR count). The number of rotatable bonds is 6. The monoisotopic (exact) mass is 325 g/mol. The van der Waals surface area contributed by atoms with Gasteiger partial charge in [0.2, 0.25) is 10.0 Å². The average molecular weight is 325 g/mol. The molecule has 6 heteroatoms. The zero-order valence-electron chi connectivity index (χ0n) is 12.0. The Kier molecular flexibility index (Phi) is 5.16. The van der Waals surface area contributed by atoms with Crippen LogP contribution in [0.2, 0.25) is 0 Å². The first-order valence-corrected chi connectivity index (χ1v) is 8.96. The molecule has 1 aromatic carbocycles. The Hall–Kier alpha value is -1.21. The minimum absolute atomic E-state index is 0.240. The summed E-state index contributed by atoms with van der Waals surface area (Å²) in [5.41, 5.74) is 0.984. The lowest BCUT2D eigenvalue weighted by Gasteiger charge is -2.16. The Morgan fingerprint density at radius 2 is 1.90 bits per heavy atom. The summed E-state index contributed by atoms with van der Waals surface area (Å²) in [5, 5.41) is 9.45. The summed E-state index contributed by atoms with van der Waals surface area (Å²) >= 11 is 1.45. The highest BCUT2D eigenvalue weighted by molar-refractivity contribution is 7.89. The number of nitrogens with one attached hydrogen (secondary N) is 1. The van der Waals surface area contributed by atoms with Gasteiger partial charge >= 0.3 is 0 Å². The van der Waals surface area contributed by atoms with Crippen LogP contribution in [0.4, 0.5) is 0 Å². The van der Waals surface area contributed by atoms with Gasteiger partial charge in [0, 0.05) is 15.8 Å². The molecule has 21 heavy (non-hydrogen) atoms. The molecule has 0 saturated heterocycles. The number of hydrogen-bond donors (Lipinski definition) is 2. The predicted molar refractivity (Wildman–Crippen MR) is 85.1 cm³/mol. The second kappa shape index (κ2) is 6.70. The molecule has 0 radical (unpaired) electrons. The molecular weight excluding hydrogens is 306 g/mol. The minimum Gasteiger partial charge on any atom is -0.395 e. The van der Waals surface area contributed by atoms with Crippen molar-refractivity contribution in [1.29, 1.82) is 0 Å². The van der Waals surface area contributed by atoms with Gasteiger partial charge in [0.05, 0.1) is 11.5 Å². The van der Waals surface area contributed by atoms with Gasteiger partial charge in [-0.05, 0) is 31.9 Å². The van der Waals surface area contributed by atoms with Crippen LogP contribution in [0, 0.1) is 13.8 Å². The standard InChI is InChI=1S/C15H19NO3S2/c1-11-8-15(12(2)20-11)21(18,19)16-14(10-17)9-13-6-4-3-5-7-13/h3-8,14,16-17H,9-10H2,1-2H3. The quantitative estimate of drug-likeness (QED) is 0.856. The van der Waals surface area contributed by atoms with Gasteiger partial charge in [-0.15, -0.1) is 11.3 Å². The Labute approximate surface area is 129 Å². The number of thiophene rings is 1. The molecule has 4 nitrogen and oxygen atoms in total. The smallest absolute Gasteiger partial charge is 0.242 e. The first-order chi connectivity index (χ1) is 9.92. The molecule has 2 N–H and O–H groups in total. The molecule has 2 aromatic rings. The third-order valence-corrected chi connectivity index (χ3v) is 5.89. The minimum atomic E-state index is -3.60. The highest BCUT2D eigenvalue weighted by Gasteiger charge is 2.23. The largest absolute Gasteiger partial charge is 0.395 e. The Morgan fingerprint density at radius 1 is 1.24 bits per heavy atom. The van der Waals surface area contributed by atoms with E-state index in [1.807, 2.05) is 37.3 Å². The maximum Gasteiger partial charge on any atom is 0.242 e. The van der Waals surface area contributed by atoms with Crippen LogP contribution >= 0.6 is 11.3 Å². The summed E-state index contributed by atoms with van der Waals surface area (Å²) in [4.78, 5) is 2.02. The molecule has 1 heterocycles. The summed E-state index contributed by atoms with van der Waals surface area (Å²) < 4.78 is 27.4. The topological polar surface area (TPSA) is 66.4 Å². The van der Waals surface area contributed by atoms with Gasteiger partial charge in [0.25, 0.3) is 0 Å². The van der Waals surface area contributed by atoms with E-state index >= 15 is 0 Å².